The van der Waals surface area contributed by atoms with E-state index in [4.69, 9.17) is 0 Å². The van der Waals surface area contributed by atoms with Crippen molar-refractivity contribution in [2.45, 2.75) is 6.43 Å². The number of carbonyl (C=O) groups is 1. The summed E-state index contributed by atoms with van der Waals surface area (Å²) >= 11 is 3.44. The van der Waals surface area contributed by atoms with Crippen LogP contribution < -0.4 is 0 Å². The molecule has 0 amide bonds. The minimum Gasteiger partial charge on any atom is -0.282 e. The maximum Gasteiger partial charge on any atom is 0.282 e. The number of aryl methyl sites for hydroxylation is 1. The fraction of sp³-hybridized carbons (Fsp3) is 0.333. The summed E-state index contributed by atoms with van der Waals surface area (Å²) in [4.78, 5) is 10.7. The van der Waals surface area contributed by atoms with E-state index >= 15 is 0 Å². The van der Waals surface area contributed by atoms with Crippen molar-refractivity contribution in [3.8, 4) is 0 Å². The molecule has 3 nitrogen and oxygen atoms in total. The van der Waals surface area contributed by atoms with Gasteiger partial charge >= 0.3 is 0 Å². The Morgan fingerprint density at radius 3 is 2.67 bits per heavy atom. The largest absolute Gasteiger partial charge is 0.282 e. The first-order valence-corrected chi connectivity index (χ1v) is 3.52. The third-order valence-electron chi connectivity index (χ3n) is 1.29. The predicted molar refractivity (Wildman–Crippen MR) is 41.5 cm³/mol. The summed E-state index contributed by atoms with van der Waals surface area (Å²) in [5, 5.41) is 2.73. The first-order chi connectivity index (χ1) is 5.52. The van der Waals surface area contributed by atoms with Crippen LogP contribution in [0.3, 0.4) is 0 Å². The van der Waals surface area contributed by atoms with Crippen molar-refractivity contribution in [1.29, 1.82) is 0 Å². The van der Waals surface area contributed by atoms with Crippen LogP contribution in [0, 0.1) is 0 Å². The monoisotopic (exact) mass is 192 g/mol. The van der Waals surface area contributed by atoms with Crippen molar-refractivity contribution in [2.75, 3.05) is 0 Å². The van der Waals surface area contributed by atoms with Gasteiger partial charge in [0.1, 0.15) is 5.69 Å². The SMILES string of the molecule is Cn1cc(C(=O)S)c(C(F)F)n1. The van der Waals surface area contributed by atoms with E-state index in [0.717, 1.165) is 4.68 Å². The third kappa shape index (κ3) is 1.63. The van der Waals surface area contributed by atoms with Gasteiger partial charge in [0.25, 0.3) is 6.43 Å². The molecule has 0 N–H and O–H groups in total. The van der Waals surface area contributed by atoms with Gasteiger partial charge in [-0.2, -0.15) is 5.10 Å². The van der Waals surface area contributed by atoms with E-state index in [0.29, 0.717) is 0 Å². The van der Waals surface area contributed by atoms with Gasteiger partial charge in [0.15, 0.2) is 0 Å². The van der Waals surface area contributed by atoms with Gasteiger partial charge in [-0.25, -0.2) is 8.78 Å². The van der Waals surface area contributed by atoms with Crippen molar-refractivity contribution in [3.05, 3.63) is 17.5 Å². The standard InChI is InChI=1S/C6H6F2N2OS/c1-10-2-3(6(11)12)4(9-10)5(7)8/h2,5H,1H3,(H,11,12). The van der Waals surface area contributed by atoms with Crippen LogP contribution >= 0.6 is 12.6 Å². The lowest BCUT2D eigenvalue weighted by Gasteiger charge is -1.93. The predicted octanol–water partition coefficient (Wildman–Crippen LogP) is 1.43. The van der Waals surface area contributed by atoms with E-state index < -0.39 is 17.2 Å². The van der Waals surface area contributed by atoms with Crippen molar-refractivity contribution in [1.82, 2.24) is 9.78 Å². The third-order valence-corrected chi connectivity index (χ3v) is 1.54. The number of halogens is 2. The number of carbonyl (C=O) groups excluding carboxylic acids is 1. The zero-order valence-corrected chi connectivity index (χ0v) is 7.05. The highest BCUT2D eigenvalue weighted by molar-refractivity contribution is 7.97. The highest BCUT2D eigenvalue weighted by atomic mass is 32.1. The van der Waals surface area contributed by atoms with Crippen molar-refractivity contribution in [3.63, 3.8) is 0 Å². The highest BCUT2D eigenvalue weighted by Gasteiger charge is 2.20. The van der Waals surface area contributed by atoms with Gasteiger partial charge in [0.2, 0.25) is 5.12 Å². The molecular formula is C6H6F2N2OS. The Kier molecular flexibility index (Phi) is 2.46. The number of nitrogens with zero attached hydrogens (tertiary/aromatic N) is 2. The van der Waals surface area contributed by atoms with Gasteiger partial charge in [-0.3, -0.25) is 9.48 Å². The molecule has 0 spiro atoms. The van der Waals surface area contributed by atoms with Gasteiger partial charge < -0.3 is 0 Å². The Labute approximate surface area is 72.8 Å². The molecule has 1 aromatic heterocycles. The van der Waals surface area contributed by atoms with E-state index in [9.17, 15) is 13.6 Å². The minimum atomic E-state index is -2.74. The topological polar surface area (TPSA) is 34.9 Å². The number of hydrogen-bond acceptors (Lipinski definition) is 2. The molecule has 0 unspecified atom stereocenters. The molecule has 0 atom stereocenters. The fourth-order valence-electron chi connectivity index (χ4n) is 0.832. The molecular weight excluding hydrogens is 186 g/mol. The summed E-state index contributed by atoms with van der Waals surface area (Å²) in [7, 11) is 1.46. The molecule has 0 bridgehead atoms. The first kappa shape index (κ1) is 9.18. The fourth-order valence-corrected chi connectivity index (χ4v) is 1.00. The molecule has 0 saturated carbocycles. The normalized spacial score (nSPS) is 10.8. The summed E-state index contributed by atoms with van der Waals surface area (Å²) < 4.78 is 25.4. The van der Waals surface area contributed by atoms with E-state index in [1.807, 2.05) is 0 Å². The van der Waals surface area contributed by atoms with Crippen LogP contribution in [-0.4, -0.2) is 14.9 Å². The molecule has 12 heavy (non-hydrogen) atoms. The Morgan fingerprint density at radius 1 is 1.75 bits per heavy atom. The quantitative estimate of drug-likeness (QED) is 0.719. The zero-order chi connectivity index (χ0) is 9.30. The number of rotatable bonds is 2. The lowest BCUT2D eigenvalue weighted by atomic mass is 10.3. The lowest BCUT2D eigenvalue weighted by molar-refractivity contribution is 0.107. The average molecular weight is 192 g/mol. The van der Waals surface area contributed by atoms with Crippen LogP contribution in [0.4, 0.5) is 8.78 Å². The second kappa shape index (κ2) is 3.22. The molecule has 66 valence electrons. The zero-order valence-electron chi connectivity index (χ0n) is 6.16. The summed E-state index contributed by atoms with van der Waals surface area (Å²) in [6, 6.07) is 0. The molecule has 1 rings (SSSR count). The molecule has 0 aromatic carbocycles. The first-order valence-electron chi connectivity index (χ1n) is 3.07. The number of aromatic nitrogens is 2. The summed E-state index contributed by atoms with van der Waals surface area (Å²) in [5.74, 6) is 0. The Balaban J connectivity index is 3.17. The van der Waals surface area contributed by atoms with Gasteiger partial charge in [-0.15, -0.1) is 12.6 Å². The van der Waals surface area contributed by atoms with Crippen LogP contribution in [0.25, 0.3) is 0 Å². The molecule has 1 aromatic rings. The maximum absolute atomic E-state index is 12.1. The van der Waals surface area contributed by atoms with Crippen LogP contribution in [0.15, 0.2) is 6.20 Å². The van der Waals surface area contributed by atoms with Gasteiger partial charge in [-0.1, -0.05) is 0 Å². The maximum atomic E-state index is 12.1. The Morgan fingerprint density at radius 2 is 2.33 bits per heavy atom. The Bertz CT molecular complexity index is 310. The van der Waals surface area contributed by atoms with Crippen LogP contribution in [0.5, 0.6) is 0 Å². The molecule has 0 saturated heterocycles. The molecule has 0 fully saturated rings. The van der Waals surface area contributed by atoms with Gasteiger partial charge in [0.05, 0.1) is 5.56 Å². The minimum absolute atomic E-state index is 0.143. The molecule has 0 aliphatic heterocycles. The molecule has 6 heteroatoms. The smallest absolute Gasteiger partial charge is 0.282 e. The lowest BCUT2D eigenvalue weighted by Crippen LogP contribution is -1.95. The van der Waals surface area contributed by atoms with E-state index in [-0.39, 0.29) is 5.56 Å². The van der Waals surface area contributed by atoms with Crippen molar-refractivity contribution < 1.29 is 13.6 Å². The number of alkyl halides is 2. The van der Waals surface area contributed by atoms with Crippen molar-refractivity contribution >= 4 is 17.7 Å². The van der Waals surface area contributed by atoms with E-state index in [1.165, 1.54) is 13.2 Å². The average Bonchev–Trinajstić information content (AvgIpc) is 2.31. The summed E-state index contributed by atoms with van der Waals surface area (Å²) in [6.07, 6.45) is -1.52. The highest BCUT2D eigenvalue weighted by Crippen LogP contribution is 2.21. The molecule has 1 heterocycles. The van der Waals surface area contributed by atoms with Crippen LogP contribution in [0.2, 0.25) is 0 Å². The summed E-state index contributed by atoms with van der Waals surface area (Å²) in [6.45, 7) is 0. The summed E-state index contributed by atoms with van der Waals surface area (Å²) in [5.41, 5.74) is -0.659. The van der Waals surface area contributed by atoms with E-state index in [2.05, 4.69) is 17.7 Å². The number of hydrogen-bond donors (Lipinski definition) is 1. The van der Waals surface area contributed by atoms with E-state index in [1.54, 1.807) is 0 Å². The van der Waals surface area contributed by atoms with Crippen LogP contribution in [0.1, 0.15) is 22.5 Å². The molecule has 0 aliphatic rings. The van der Waals surface area contributed by atoms with Gasteiger partial charge in [-0.05, 0) is 0 Å². The number of thiol groups is 1. The Hall–Kier alpha value is -0.910. The van der Waals surface area contributed by atoms with Crippen molar-refractivity contribution in [2.24, 2.45) is 7.05 Å². The second-order valence-electron chi connectivity index (χ2n) is 2.21. The molecule has 0 radical (unpaired) electrons. The molecule has 0 aliphatic carbocycles. The second-order valence-corrected chi connectivity index (χ2v) is 2.61. The van der Waals surface area contributed by atoms with Gasteiger partial charge in [0, 0.05) is 13.2 Å². The van der Waals surface area contributed by atoms with Crippen LogP contribution in [-0.2, 0) is 7.05 Å².